The summed E-state index contributed by atoms with van der Waals surface area (Å²) >= 11 is 0. The van der Waals surface area contributed by atoms with E-state index in [0.29, 0.717) is 42.9 Å². The van der Waals surface area contributed by atoms with Gasteiger partial charge in [0, 0.05) is 12.5 Å². The monoisotopic (exact) mass is 338 g/mol. The van der Waals surface area contributed by atoms with E-state index in [0.717, 1.165) is 0 Å². The minimum Gasteiger partial charge on any atom is -0.486 e. The Morgan fingerprint density at radius 1 is 1.17 bits per heavy atom. The van der Waals surface area contributed by atoms with Crippen molar-refractivity contribution in [3.8, 4) is 11.5 Å². The molecule has 0 amide bonds. The second kappa shape index (κ2) is 6.19. The largest absolute Gasteiger partial charge is 0.486 e. The molecule has 0 fully saturated rings. The van der Waals surface area contributed by atoms with Gasteiger partial charge in [-0.05, 0) is 18.1 Å². The van der Waals surface area contributed by atoms with Crippen LogP contribution < -0.4 is 9.47 Å². The van der Waals surface area contributed by atoms with Gasteiger partial charge in [0.05, 0.1) is 4.90 Å². The van der Waals surface area contributed by atoms with Crippen molar-refractivity contribution < 1.29 is 22.4 Å². The molecule has 1 aromatic heterocycles. The summed E-state index contributed by atoms with van der Waals surface area (Å²) in [5, 5.41) is 3.81. The van der Waals surface area contributed by atoms with Gasteiger partial charge in [-0.1, -0.05) is 19.0 Å². The van der Waals surface area contributed by atoms with E-state index >= 15 is 0 Å². The van der Waals surface area contributed by atoms with Gasteiger partial charge in [-0.25, -0.2) is 8.42 Å². The van der Waals surface area contributed by atoms with Crippen LogP contribution in [0.2, 0.25) is 0 Å². The van der Waals surface area contributed by atoms with E-state index < -0.39 is 9.84 Å². The van der Waals surface area contributed by atoms with Crippen molar-refractivity contribution >= 4 is 9.84 Å². The van der Waals surface area contributed by atoms with Gasteiger partial charge in [-0.2, -0.15) is 4.98 Å². The predicted octanol–water partition coefficient (Wildman–Crippen LogP) is 2.01. The van der Waals surface area contributed by atoms with E-state index in [9.17, 15) is 8.42 Å². The van der Waals surface area contributed by atoms with Gasteiger partial charge in [-0.3, -0.25) is 0 Å². The summed E-state index contributed by atoms with van der Waals surface area (Å²) in [6.07, 6.45) is 0.646. The SMILES string of the molecule is CC(C)Cc1noc(CS(=O)(=O)c2ccc3c(c2)OCCO3)n1. The molecule has 0 atom stereocenters. The summed E-state index contributed by atoms with van der Waals surface area (Å²) in [4.78, 5) is 4.28. The lowest BCUT2D eigenvalue weighted by Gasteiger charge is -2.18. The molecule has 0 N–H and O–H groups in total. The Morgan fingerprint density at radius 3 is 2.65 bits per heavy atom. The fourth-order valence-electron chi connectivity index (χ4n) is 2.26. The number of hydrogen-bond acceptors (Lipinski definition) is 7. The van der Waals surface area contributed by atoms with E-state index in [2.05, 4.69) is 10.1 Å². The van der Waals surface area contributed by atoms with Crippen molar-refractivity contribution in [1.29, 1.82) is 0 Å². The van der Waals surface area contributed by atoms with Gasteiger partial charge in [0.2, 0.25) is 5.89 Å². The van der Waals surface area contributed by atoms with Crippen LogP contribution in [0, 0.1) is 5.92 Å². The number of nitrogens with zero attached hydrogens (tertiary/aromatic N) is 2. The van der Waals surface area contributed by atoms with Crippen molar-refractivity contribution in [3.63, 3.8) is 0 Å². The highest BCUT2D eigenvalue weighted by Gasteiger charge is 2.23. The van der Waals surface area contributed by atoms with Gasteiger partial charge >= 0.3 is 0 Å². The first-order chi connectivity index (χ1) is 10.9. The van der Waals surface area contributed by atoms with Gasteiger partial charge in [0.25, 0.3) is 0 Å². The zero-order chi connectivity index (χ0) is 16.4. The van der Waals surface area contributed by atoms with Crippen LogP contribution in [0.5, 0.6) is 11.5 Å². The molecular weight excluding hydrogens is 320 g/mol. The fourth-order valence-corrected chi connectivity index (χ4v) is 3.43. The van der Waals surface area contributed by atoms with Crippen molar-refractivity contribution in [1.82, 2.24) is 10.1 Å². The molecule has 0 bridgehead atoms. The standard InChI is InChI=1S/C15H18N2O5S/c1-10(2)7-14-16-15(22-17-14)9-23(18,19)11-3-4-12-13(8-11)21-6-5-20-12/h3-4,8,10H,5-7,9H2,1-2H3. The first-order valence-electron chi connectivity index (χ1n) is 7.38. The highest BCUT2D eigenvalue weighted by atomic mass is 32.2. The zero-order valence-corrected chi connectivity index (χ0v) is 13.8. The average Bonchev–Trinajstić information content (AvgIpc) is 2.92. The first kappa shape index (κ1) is 15.8. The Morgan fingerprint density at radius 2 is 1.91 bits per heavy atom. The minimum absolute atomic E-state index is 0.0931. The molecule has 0 saturated carbocycles. The molecule has 124 valence electrons. The number of fused-ring (bicyclic) bond motifs is 1. The van der Waals surface area contributed by atoms with E-state index in [-0.39, 0.29) is 16.5 Å². The summed E-state index contributed by atoms with van der Waals surface area (Å²) in [5.41, 5.74) is 0. The maximum Gasteiger partial charge on any atom is 0.242 e. The fraction of sp³-hybridized carbons (Fsp3) is 0.467. The van der Waals surface area contributed by atoms with Crippen LogP contribution in [-0.2, 0) is 22.0 Å². The lowest BCUT2D eigenvalue weighted by Crippen LogP contribution is -2.16. The molecule has 2 heterocycles. The number of benzene rings is 1. The van der Waals surface area contributed by atoms with Crippen molar-refractivity contribution in [2.75, 3.05) is 13.2 Å². The summed E-state index contributed by atoms with van der Waals surface area (Å²) in [5.74, 6) is 1.63. The lowest BCUT2D eigenvalue weighted by molar-refractivity contribution is 0.171. The van der Waals surface area contributed by atoms with E-state index in [4.69, 9.17) is 14.0 Å². The molecule has 0 spiro atoms. The summed E-state index contributed by atoms with van der Waals surface area (Å²) < 4.78 is 40.8. The number of ether oxygens (including phenoxy) is 2. The Bertz CT molecular complexity index is 798. The summed E-state index contributed by atoms with van der Waals surface area (Å²) in [6, 6.07) is 4.56. The first-order valence-corrected chi connectivity index (χ1v) is 9.03. The molecule has 1 aliphatic heterocycles. The van der Waals surface area contributed by atoms with Gasteiger partial charge < -0.3 is 14.0 Å². The number of hydrogen-bond donors (Lipinski definition) is 0. The maximum absolute atomic E-state index is 12.5. The third-order valence-electron chi connectivity index (χ3n) is 3.29. The molecule has 2 aromatic rings. The highest BCUT2D eigenvalue weighted by molar-refractivity contribution is 7.90. The quantitative estimate of drug-likeness (QED) is 0.823. The van der Waals surface area contributed by atoms with Crippen LogP contribution in [-0.4, -0.2) is 31.8 Å². The highest BCUT2D eigenvalue weighted by Crippen LogP contribution is 2.33. The van der Waals surface area contributed by atoms with Gasteiger partial charge in [-0.15, -0.1) is 0 Å². The maximum atomic E-state index is 12.5. The second-order valence-electron chi connectivity index (χ2n) is 5.77. The van der Waals surface area contributed by atoms with Gasteiger partial charge in [0.15, 0.2) is 27.2 Å². The Kier molecular flexibility index (Phi) is 4.25. The van der Waals surface area contributed by atoms with Crippen LogP contribution in [0.15, 0.2) is 27.6 Å². The average molecular weight is 338 g/mol. The molecule has 7 nitrogen and oxygen atoms in total. The van der Waals surface area contributed by atoms with Crippen molar-refractivity contribution in [2.45, 2.75) is 30.9 Å². The lowest BCUT2D eigenvalue weighted by atomic mass is 10.1. The molecule has 0 aliphatic carbocycles. The van der Waals surface area contributed by atoms with E-state index in [1.807, 2.05) is 13.8 Å². The summed E-state index contributed by atoms with van der Waals surface area (Å²) in [7, 11) is -3.59. The Hall–Kier alpha value is -2.09. The molecule has 23 heavy (non-hydrogen) atoms. The number of rotatable bonds is 5. The van der Waals surface area contributed by atoms with Crippen molar-refractivity contribution in [3.05, 3.63) is 29.9 Å². The number of aromatic nitrogens is 2. The number of sulfone groups is 1. The Balaban J connectivity index is 1.80. The van der Waals surface area contributed by atoms with Crippen LogP contribution >= 0.6 is 0 Å². The van der Waals surface area contributed by atoms with Crippen LogP contribution in [0.1, 0.15) is 25.6 Å². The second-order valence-corrected chi connectivity index (χ2v) is 7.76. The Labute approximate surface area is 134 Å². The third kappa shape index (κ3) is 3.64. The predicted molar refractivity (Wildman–Crippen MR) is 81.2 cm³/mol. The molecule has 3 rings (SSSR count). The minimum atomic E-state index is -3.59. The molecule has 8 heteroatoms. The molecular formula is C15H18N2O5S. The molecule has 1 aromatic carbocycles. The smallest absolute Gasteiger partial charge is 0.242 e. The normalized spacial score (nSPS) is 14.2. The summed E-state index contributed by atoms with van der Waals surface area (Å²) in [6.45, 7) is 4.92. The van der Waals surface area contributed by atoms with Crippen LogP contribution in [0.25, 0.3) is 0 Å². The van der Waals surface area contributed by atoms with Crippen LogP contribution in [0.3, 0.4) is 0 Å². The van der Waals surface area contributed by atoms with E-state index in [1.54, 1.807) is 6.07 Å². The molecule has 1 aliphatic rings. The third-order valence-corrected chi connectivity index (χ3v) is 4.89. The molecule has 0 radical (unpaired) electrons. The molecule has 0 unspecified atom stereocenters. The topological polar surface area (TPSA) is 91.5 Å². The van der Waals surface area contributed by atoms with E-state index in [1.165, 1.54) is 12.1 Å². The van der Waals surface area contributed by atoms with Crippen LogP contribution in [0.4, 0.5) is 0 Å². The zero-order valence-electron chi connectivity index (χ0n) is 13.0. The van der Waals surface area contributed by atoms with Gasteiger partial charge in [0.1, 0.15) is 19.0 Å². The molecule has 0 saturated heterocycles. The van der Waals surface area contributed by atoms with Crippen molar-refractivity contribution in [2.24, 2.45) is 5.92 Å².